The second-order valence-corrected chi connectivity index (χ2v) is 9.06. The van der Waals surface area contributed by atoms with Gasteiger partial charge in [-0.15, -0.1) is 0 Å². The summed E-state index contributed by atoms with van der Waals surface area (Å²) in [5.41, 5.74) is 0.311. The number of nitro groups is 1. The van der Waals surface area contributed by atoms with E-state index in [4.69, 9.17) is 4.74 Å². The van der Waals surface area contributed by atoms with Crippen molar-refractivity contribution in [2.45, 2.75) is 0 Å². The van der Waals surface area contributed by atoms with E-state index in [0.29, 0.717) is 38.5 Å². The van der Waals surface area contributed by atoms with Crippen LogP contribution in [0.5, 0.6) is 0 Å². The third-order valence-corrected chi connectivity index (χ3v) is 6.44. The fraction of sp³-hybridized carbons (Fsp3) is 0.364. The van der Waals surface area contributed by atoms with Crippen molar-refractivity contribution in [2.24, 2.45) is 0 Å². The molecule has 34 heavy (non-hydrogen) atoms. The lowest BCUT2D eigenvalue weighted by atomic mass is 10.1. The molecule has 1 amide bonds. The lowest BCUT2D eigenvalue weighted by Crippen LogP contribution is -2.37. The monoisotopic (exact) mass is 491 g/mol. The number of fused-ring (bicyclic) bond motifs is 1. The number of benzene rings is 2. The van der Waals surface area contributed by atoms with Crippen molar-refractivity contribution in [1.82, 2.24) is 9.88 Å². The number of amides is 1. The SMILES string of the molecule is CN(C)CCN(C(=O)c1ccc(N2CCOCC2)c([N+](=O)[O-])c1)c1nc2c(F)cc(F)cc2s1. The summed E-state index contributed by atoms with van der Waals surface area (Å²) < 4.78 is 33.5. The number of hydrogen-bond acceptors (Lipinski definition) is 8. The van der Waals surface area contributed by atoms with Crippen molar-refractivity contribution in [1.29, 1.82) is 0 Å². The van der Waals surface area contributed by atoms with Gasteiger partial charge in [0.1, 0.15) is 17.0 Å². The van der Waals surface area contributed by atoms with Gasteiger partial charge in [-0.05, 0) is 32.3 Å². The highest BCUT2D eigenvalue weighted by Gasteiger charge is 2.27. The van der Waals surface area contributed by atoms with Gasteiger partial charge in [0.15, 0.2) is 10.9 Å². The van der Waals surface area contributed by atoms with Gasteiger partial charge in [-0.1, -0.05) is 11.3 Å². The molecule has 0 unspecified atom stereocenters. The number of thiazole rings is 1. The fourth-order valence-electron chi connectivity index (χ4n) is 3.68. The summed E-state index contributed by atoms with van der Waals surface area (Å²) in [6.45, 7) is 2.62. The molecule has 12 heteroatoms. The van der Waals surface area contributed by atoms with Gasteiger partial charge in [0, 0.05) is 43.9 Å². The van der Waals surface area contributed by atoms with Crippen LogP contribution in [0, 0.1) is 21.7 Å². The van der Waals surface area contributed by atoms with Gasteiger partial charge < -0.3 is 14.5 Å². The largest absolute Gasteiger partial charge is 0.378 e. The summed E-state index contributed by atoms with van der Waals surface area (Å²) in [6, 6.07) is 6.26. The van der Waals surface area contributed by atoms with Gasteiger partial charge in [0.05, 0.1) is 22.8 Å². The molecule has 0 N–H and O–H groups in total. The minimum absolute atomic E-state index is 0.0299. The molecule has 1 saturated heterocycles. The molecule has 0 aliphatic carbocycles. The summed E-state index contributed by atoms with van der Waals surface area (Å²) >= 11 is 0.984. The summed E-state index contributed by atoms with van der Waals surface area (Å²) in [4.78, 5) is 34.1. The summed E-state index contributed by atoms with van der Waals surface area (Å²) in [5, 5.41) is 12.0. The van der Waals surface area contributed by atoms with Crippen LogP contribution in [-0.4, -0.2) is 74.2 Å². The summed E-state index contributed by atoms with van der Waals surface area (Å²) in [5.74, 6) is -2.07. The first-order valence-corrected chi connectivity index (χ1v) is 11.4. The zero-order valence-corrected chi connectivity index (χ0v) is 19.5. The molecule has 9 nitrogen and oxygen atoms in total. The standard InChI is InChI=1S/C22H23F2N5O4S/c1-26(2)5-6-28(22-25-20-16(24)12-15(23)13-19(20)34-22)21(30)14-3-4-17(18(11-14)29(31)32)27-7-9-33-10-8-27/h3-4,11-13H,5-10H2,1-2H3. The number of anilines is 2. The van der Waals surface area contributed by atoms with Crippen LogP contribution in [0.4, 0.5) is 25.3 Å². The fourth-order valence-corrected chi connectivity index (χ4v) is 4.70. The van der Waals surface area contributed by atoms with Crippen LogP contribution < -0.4 is 9.80 Å². The number of likely N-dealkylation sites (N-methyl/N-ethyl adjacent to an activating group) is 1. The molecule has 1 aliphatic heterocycles. The molecular weight excluding hydrogens is 468 g/mol. The average Bonchev–Trinajstić information content (AvgIpc) is 3.23. The molecule has 1 aromatic heterocycles. The van der Waals surface area contributed by atoms with E-state index in [1.54, 1.807) is 6.07 Å². The predicted octanol–water partition coefficient (Wildman–Crippen LogP) is 3.53. The molecule has 1 fully saturated rings. The van der Waals surface area contributed by atoms with Crippen molar-refractivity contribution >= 4 is 44.0 Å². The molecule has 2 aromatic carbocycles. The third kappa shape index (κ3) is 4.98. The highest BCUT2D eigenvalue weighted by atomic mass is 32.1. The van der Waals surface area contributed by atoms with Crippen molar-refractivity contribution in [3.05, 3.63) is 57.6 Å². The van der Waals surface area contributed by atoms with E-state index < -0.39 is 22.5 Å². The number of morpholine rings is 1. The van der Waals surface area contributed by atoms with Gasteiger partial charge in [0.2, 0.25) is 0 Å². The van der Waals surface area contributed by atoms with E-state index >= 15 is 0 Å². The maximum atomic E-state index is 14.2. The van der Waals surface area contributed by atoms with Crippen LogP contribution in [0.1, 0.15) is 10.4 Å². The molecule has 3 aromatic rings. The molecule has 4 rings (SSSR count). The Bertz CT molecular complexity index is 1230. The van der Waals surface area contributed by atoms with Crippen molar-refractivity contribution < 1.29 is 23.2 Å². The van der Waals surface area contributed by atoms with Gasteiger partial charge in [-0.3, -0.25) is 19.8 Å². The van der Waals surface area contributed by atoms with E-state index in [1.165, 1.54) is 17.0 Å². The Kier molecular flexibility index (Phi) is 7.00. The van der Waals surface area contributed by atoms with Gasteiger partial charge in [-0.25, -0.2) is 13.8 Å². The van der Waals surface area contributed by atoms with Crippen LogP contribution in [0.25, 0.3) is 10.2 Å². The Morgan fingerprint density at radius 2 is 1.94 bits per heavy atom. The molecule has 2 heterocycles. The second kappa shape index (κ2) is 9.95. The number of carbonyl (C=O) groups excluding carboxylic acids is 1. The molecule has 0 bridgehead atoms. The topological polar surface area (TPSA) is 92.0 Å². The summed E-state index contributed by atoms with van der Waals surface area (Å²) in [6.07, 6.45) is 0. The number of carbonyl (C=O) groups is 1. The van der Waals surface area contributed by atoms with E-state index in [0.717, 1.165) is 23.5 Å². The minimum Gasteiger partial charge on any atom is -0.378 e. The molecule has 0 saturated carbocycles. The smallest absolute Gasteiger partial charge is 0.293 e. The van der Waals surface area contributed by atoms with E-state index in [1.807, 2.05) is 23.9 Å². The Hall–Kier alpha value is -3.22. The highest BCUT2D eigenvalue weighted by Crippen LogP contribution is 2.34. The van der Waals surface area contributed by atoms with Gasteiger partial charge in [0.25, 0.3) is 11.6 Å². The predicted molar refractivity (Wildman–Crippen MR) is 126 cm³/mol. The number of hydrogen-bond donors (Lipinski definition) is 0. The lowest BCUT2D eigenvalue weighted by Gasteiger charge is -2.28. The molecule has 0 atom stereocenters. The number of halogens is 2. The van der Waals surface area contributed by atoms with E-state index in [-0.39, 0.29) is 33.1 Å². The number of nitrogens with zero attached hydrogens (tertiary/aromatic N) is 5. The third-order valence-electron chi connectivity index (χ3n) is 5.42. The zero-order valence-electron chi connectivity index (χ0n) is 18.7. The number of aromatic nitrogens is 1. The molecule has 0 radical (unpaired) electrons. The Labute approximate surface area is 198 Å². The second-order valence-electron chi connectivity index (χ2n) is 8.05. The summed E-state index contributed by atoms with van der Waals surface area (Å²) in [7, 11) is 3.66. The first-order valence-electron chi connectivity index (χ1n) is 10.6. The Morgan fingerprint density at radius 1 is 1.21 bits per heavy atom. The molecule has 0 spiro atoms. The quantitative estimate of drug-likeness (QED) is 0.369. The number of nitro benzene ring substituents is 1. The lowest BCUT2D eigenvalue weighted by molar-refractivity contribution is -0.384. The first kappa shape index (κ1) is 23.9. The molecular formula is C22H23F2N5O4S. The van der Waals surface area contributed by atoms with Gasteiger partial charge in [-0.2, -0.15) is 0 Å². The van der Waals surface area contributed by atoms with Crippen molar-refractivity contribution in [2.75, 3.05) is 63.3 Å². The van der Waals surface area contributed by atoms with Crippen molar-refractivity contribution in [3.63, 3.8) is 0 Å². The van der Waals surface area contributed by atoms with E-state index in [2.05, 4.69) is 4.98 Å². The van der Waals surface area contributed by atoms with Crippen LogP contribution >= 0.6 is 11.3 Å². The Balaban J connectivity index is 1.72. The van der Waals surface area contributed by atoms with E-state index in [9.17, 15) is 23.7 Å². The van der Waals surface area contributed by atoms with Crippen molar-refractivity contribution in [3.8, 4) is 0 Å². The maximum absolute atomic E-state index is 14.2. The zero-order chi connectivity index (χ0) is 24.4. The highest BCUT2D eigenvalue weighted by molar-refractivity contribution is 7.22. The minimum atomic E-state index is -0.817. The van der Waals surface area contributed by atoms with Crippen LogP contribution in [0.3, 0.4) is 0 Å². The van der Waals surface area contributed by atoms with Crippen LogP contribution in [-0.2, 0) is 4.74 Å². The molecule has 180 valence electrons. The average molecular weight is 492 g/mol. The molecule has 1 aliphatic rings. The van der Waals surface area contributed by atoms with Crippen LogP contribution in [0.2, 0.25) is 0 Å². The first-order chi connectivity index (χ1) is 16.2. The number of ether oxygens (including phenoxy) is 1. The Morgan fingerprint density at radius 3 is 2.62 bits per heavy atom. The number of rotatable bonds is 7. The van der Waals surface area contributed by atoms with Gasteiger partial charge >= 0.3 is 0 Å². The maximum Gasteiger partial charge on any atom is 0.293 e. The van der Waals surface area contributed by atoms with Crippen LogP contribution in [0.15, 0.2) is 30.3 Å². The normalized spacial score (nSPS) is 14.1.